The van der Waals surface area contributed by atoms with E-state index in [9.17, 15) is 4.79 Å². The second kappa shape index (κ2) is 6.97. The van der Waals surface area contributed by atoms with Crippen molar-refractivity contribution in [2.75, 3.05) is 13.1 Å². The van der Waals surface area contributed by atoms with Gasteiger partial charge in [0.2, 0.25) is 0 Å². The highest BCUT2D eigenvalue weighted by atomic mass is 16.6. The standard InChI is InChI=1S/C18H26N2O2/c1-14-10-11-20(12-15-8-6-5-7-9-15)13-16(14)19-17(21)22-18(2,3)4/h5-10,16H,11-13H2,1-4H3,(H,19,21). The number of alkyl carbamates (subject to hydrolysis) is 1. The van der Waals surface area contributed by atoms with Crippen molar-refractivity contribution in [1.29, 1.82) is 0 Å². The van der Waals surface area contributed by atoms with Gasteiger partial charge in [0, 0.05) is 19.6 Å². The molecule has 0 fully saturated rings. The molecule has 1 heterocycles. The summed E-state index contributed by atoms with van der Waals surface area (Å²) in [6.45, 7) is 10.3. The summed E-state index contributed by atoms with van der Waals surface area (Å²) in [7, 11) is 0. The minimum atomic E-state index is -0.472. The summed E-state index contributed by atoms with van der Waals surface area (Å²) in [5.74, 6) is 0. The molecule has 1 amide bonds. The van der Waals surface area contributed by atoms with Crippen molar-refractivity contribution in [1.82, 2.24) is 10.2 Å². The Morgan fingerprint density at radius 2 is 2.00 bits per heavy atom. The molecule has 0 aromatic heterocycles. The molecule has 4 nitrogen and oxygen atoms in total. The van der Waals surface area contributed by atoms with Crippen molar-refractivity contribution in [3.05, 3.63) is 47.5 Å². The smallest absolute Gasteiger partial charge is 0.408 e. The molecule has 4 heteroatoms. The molecular weight excluding hydrogens is 276 g/mol. The number of nitrogens with one attached hydrogen (secondary N) is 1. The Labute approximate surface area is 133 Å². The van der Waals surface area contributed by atoms with Gasteiger partial charge in [-0.05, 0) is 33.3 Å². The van der Waals surface area contributed by atoms with Gasteiger partial charge in [0.15, 0.2) is 0 Å². The lowest BCUT2D eigenvalue weighted by Crippen LogP contribution is -2.48. The van der Waals surface area contributed by atoms with E-state index in [1.54, 1.807) is 0 Å². The molecule has 0 aliphatic carbocycles. The fourth-order valence-electron chi connectivity index (χ4n) is 2.47. The number of hydrogen-bond acceptors (Lipinski definition) is 3. The van der Waals surface area contributed by atoms with E-state index in [2.05, 4.69) is 47.5 Å². The molecule has 0 bridgehead atoms. The highest BCUT2D eigenvalue weighted by Crippen LogP contribution is 2.15. The Morgan fingerprint density at radius 1 is 1.32 bits per heavy atom. The molecule has 1 unspecified atom stereocenters. The summed E-state index contributed by atoms with van der Waals surface area (Å²) in [5.41, 5.74) is 2.00. The number of ether oxygens (including phenoxy) is 1. The van der Waals surface area contributed by atoms with Crippen LogP contribution in [0, 0.1) is 0 Å². The van der Waals surface area contributed by atoms with E-state index in [1.807, 2.05) is 26.8 Å². The average molecular weight is 302 g/mol. The van der Waals surface area contributed by atoms with Gasteiger partial charge >= 0.3 is 6.09 Å². The SMILES string of the molecule is CC1=CCN(Cc2ccccc2)CC1NC(=O)OC(C)(C)C. The lowest BCUT2D eigenvalue weighted by molar-refractivity contribution is 0.0499. The first-order chi connectivity index (χ1) is 10.3. The molecule has 0 saturated carbocycles. The van der Waals surface area contributed by atoms with E-state index < -0.39 is 5.60 Å². The van der Waals surface area contributed by atoms with Gasteiger partial charge in [-0.15, -0.1) is 0 Å². The Morgan fingerprint density at radius 3 is 2.64 bits per heavy atom. The number of benzene rings is 1. The van der Waals surface area contributed by atoms with E-state index in [0.29, 0.717) is 0 Å². The second-order valence-corrected chi connectivity index (χ2v) is 6.83. The highest BCUT2D eigenvalue weighted by molar-refractivity contribution is 5.68. The lowest BCUT2D eigenvalue weighted by Gasteiger charge is -2.33. The number of nitrogens with zero attached hydrogens (tertiary/aromatic N) is 1. The molecule has 1 aromatic rings. The van der Waals surface area contributed by atoms with Gasteiger partial charge in [-0.2, -0.15) is 0 Å². The number of rotatable bonds is 3. The van der Waals surface area contributed by atoms with Crippen LogP contribution in [-0.4, -0.2) is 35.7 Å². The molecule has 1 atom stereocenters. The average Bonchev–Trinajstić information content (AvgIpc) is 2.41. The van der Waals surface area contributed by atoms with Crippen LogP contribution in [-0.2, 0) is 11.3 Å². The zero-order valence-electron chi connectivity index (χ0n) is 13.9. The molecule has 1 aliphatic rings. The van der Waals surface area contributed by atoms with Crippen LogP contribution < -0.4 is 5.32 Å². The van der Waals surface area contributed by atoms with Crippen LogP contribution in [0.4, 0.5) is 4.79 Å². The summed E-state index contributed by atoms with van der Waals surface area (Å²) in [6, 6.07) is 10.4. The molecule has 0 spiro atoms. The maximum absolute atomic E-state index is 12.0. The largest absolute Gasteiger partial charge is 0.444 e. The summed E-state index contributed by atoms with van der Waals surface area (Å²) in [4.78, 5) is 14.3. The molecule has 22 heavy (non-hydrogen) atoms. The predicted molar refractivity (Wildman–Crippen MR) is 88.6 cm³/mol. The summed E-state index contributed by atoms with van der Waals surface area (Å²) in [5, 5.41) is 2.97. The van der Waals surface area contributed by atoms with E-state index in [-0.39, 0.29) is 12.1 Å². The predicted octanol–water partition coefficient (Wildman–Crippen LogP) is 3.34. The Hall–Kier alpha value is -1.81. The number of amides is 1. The van der Waals surface area contributed by atoms with Crippen molar-refractivity contribution in [2.45, 2.75) is 45.9 Å². The molecule has 120 valence electrons. The third-order valence-corrected chi connectivity index (χ3v) is 3.60. The molecule has 1 aliphatic heterocycles. The van der Waals surface area contributed by atoms with Crippen molar-refractivity contribution in [2.24, 2.45) is 0 Å². The van der Waals surface area contributed by atoms with Crippen molar-refractivity contribution in [3.63, 3.8) is 0 Å². The number of carbonyl (C=O) groups is 1. The minimum absolute atomic E-state index is 0.00677. The monoisotopic (exact) mass is 302 g/mol. The molecule has 1 aromatic carbocycles. The minimum Gasteiger partial charge on any atom is -0.444 e. The molecular formula is C18H26N2O2. The quantitative estimate of drug-likeness (QED) is 0.871. The first-order valence-electron chi connectivity index (χ1n) is 7.76. The third-order valence-electron chi connectivity index (χ3n) is 3.60. The van der Waals surface area contributed by atoms with Gasteiger partial charge in [-0.3, -0.25) is 4.90 Å². The Balaban J connectivity index is 1.93. The highest BCUT2D eigenvalue weighted by Gasteiger charge is 2.24. The first-order valence-corrected chi connectivity index (χ1v) is 7.76. The Kier molecular flexibility index (Phi) is 5.24. The van der Waals surface area contributed by atoms with Crippen molar-refractivity contribution >= 4 is 6.09 Å². The number of hydrogen-bond donors (Lipinski definition) is 1. The van der Waals surface area contributed by atoms with Crippen molar-refractivity contribution in [3.8, 4) is 0 Å². The van der Waals surface area contributed by atoms with Gasteiger partial charge in [-0.25, -0.2) is 4.79 Å². The summed E-state index contributed by atoms with van der Waals surface area (Å²) in [6.07, 6.45) is 1.82. The van der Waals surface area contributed by atoms with Crippen LogP contribution in [0.5, 0.6) is 0 Å². The lowest BCUT2D eigenvalue weighted by atomic mass is 10.0. The molecule has 2 rings (SSSR count). The first kappa shape index (κ1) is 16.6. The maximum Gasteiger partial charge on any atom is 0.408 e. The molecule has 0 radical (unpaired) electrons. The van der Waals surface area contributed by atoms with E-state index >= 15 is 0 Å². The maximum atomic E-state index is 12.0. The second-order valence-electron chi connectivity index (χ2n) is 6.83. The van der Waals surface area contributed by atoms with Crippen LogP contribution >= 0.6 is 0 Å². The Bertz CT molecular complexity index is 532. The van der Waals surface area contributed by atoms with Gasteiger partial charge in [0.05, 0.1) is 6.04 Å². The van der Waals surface area contributed by atoms with Gasteiger partial charge in [-0.1, -0.05) is 42.0 Å². The van der Waals surface area contributed by atoms with Gasteiger partial charge in [0.25, 0.3) is 0 Å². The zero-order valence-corrected chi connectivity index (χ0v) is 13.9. The topological polar surface area (TPSA) is 41.6 Å². The molecule has 0 saturated heterocycles. The van der Waals surface area contributed by atoms with Gasteiger partial charge in [0.1, 0.15) is 5.60 Å². The fraction of sp³-hybridized carbons (Fsp3) is 0.500. The normalized spacial score (nSPS) is 19.5. The van der Waals surface area contributed by atoms with Crippen LogP contribution in [0.1, 0.15) is 33.3 Å². The summed E-state index contributed by atoms with van der Waals surface area (Å²) >= 11 is 0. The van der Waals surface area contributed by atoms with Crippen LogP contribution in [0.25, 0.3) is 0 Å². The zero-order chi connectivity index (χ0) is 16.2. The van der Waals surface area contributed by atoms with E-state index in [4.69, 9.17) is 4.74 Å². The van der Waals surface area contributed by atoms with Crippen LogP contribution in [0.2, 0.25) is 0 Å². The van der Waals surface area contributed by atoms with E-state index in [0.717, 1.165) is 19.6 Å². The van der Waals surface area contributed by atoms with Crippen LogP contribution in [0.3, 0.4) is 0 Å². The number of carbonyl (C=O) groups excluding carboxylic acids is 1. The fourth-order valence-corrected chi connectivity index (χ4v) is 2.47. The van der Waals surface area contributed by atoms with E-state index in [1.165, 1.54) is 11.1 Å². The summed E-state index contributed by atoms with van der Waals surface area (Å²) < 4.78 is 5.35. The van der Waals surface area contributed by atoms with Crippen LogP contribution in [0.15, 0.2) is 42.0 Å². The molecule has 1 N–H and O–H groups in total. The van der Waals surface area contributed by atoms with Crippen molar-refractivity contribution < 1.29 is 9.53 Å². The van der Waals surface area contributed by atoms with Gasteiger partial charge < -0.3 is 10.1 Å². The third kappa shape index (κ3) is 5.19.